The average molecular weight is 908 g/mol. The summed E-state index contributed by atoms with van der Waals surface area (Å²) in [5.41, 5.74) is 11.5. The van der Waals surface area contributed by atoms with E-state index in [1.165, 1.54) is 0 Å². The van der Waals surface area contributed by atoms with Crippen LogP contribution in [0.15, 0.2) is 224 Å². The first kappa shape index (κ1) is 43.0. The van der Waals surface area contributed by atoms with Gasteiger partial charge in [-0.2, -0.15) is 21.0 Å². The van der Waals surface area contributed by atoms with Crippen LogP contribution in [0.2, 0.25) is 0 Å². The van der Waals surface area contributed by atoms with Crippen LogP contribution in [-0.4, -0.2) is 14.5 Å². The van der Waals surface area contributed by atoms with Crippen molar-refractivity contribution in [3.8, 4) is 63.9 Å². The van der Waals surface area contributed by atoms with Crippen LogP contribution in [0.5, 0.6) is 0 Å². The number of anilines is 6. The molecule has 9 nitrogen and oxygen atoms in total. The molecule has 0 aliphatic carbocycles. The van der Waals surface area contributed by atoms with Crippen molar-refractivity contribution in [1.29, 1.82) is 21.0 Å². The highest BCUT2D eigenvalue weighted by Gasteiger charge is 2.24. The third kappa shape index (κ3) is 7.91. The van der Waals surface area contributed by atoms with Crippen molar-refractivity contribution >= 4 is 55.9 Å². The molecule has 0 fully saturated rings. The summed E-state index contributed by atoms with van der Waals surface area (Å²) in [5, 5.41) is 44.4. The van der Waals surface area contributed by atoms with E-state index < -0.39 is 0 Å². The maximum atomic E-state index is 11.2. The molecule has 11 rings (SSSR count). The number of nitriles is 4. The van der Waals surface area contributed by atoms with Gasteiger partial charge in [0.05, 0.1) is 68.6 Å². The number of fused-ring (bicyclic) bond motifs is 3. The predicted octanol–water partition coefficient (Wildman–Crippen LogP) is 15.0. The monoisotopic (exact) mass is 907 g/mol. The minimum atomic E-state index is 0.239. The van der Waals surface area contributed by atoms with Gasteiger partial charge in [-0.1, -0.05) is 103 Å². The van der Waals surface area contributed by atoms with Gasteiger partial charge in [0.25, 0.3) is 0 Å². The van der Waals surface area contributed by atoms with Crippen LogP contribution in [0.1, 0.15) is 22.3 Å². The van der Waals surface area contributed by atoms with Gasteiger partial charge in [-0.25, -0.2) is 9.97 Å². The van der Waals surface area contributed by atoms with E-state index in [0.29, 0.717) is 50.5 Å². The van der Waals surface area contributed by atoms with Crippen LogP contribution in [0.3, 0.4) is 0 Å². The summed E-state index contributed by atoms with van der Waals surface area (Å²) in [6.45, 7) is 0. The van der Waals surface area contributed by atoms with E-state index in [9.17, 15) is 21.0 Å². The molecule has 9 aromatic carbocycles. The van der Waals surface area contributed by atoms with Crippen LogP contribution < -0.4 is 9.80 Å². The first-order valence-electron chi connectivity index (χ1n) is 22.8. The van der Waals surface area contributed by atoms with Gasteiger partial charge in [0.2, 0.25) is 0 Å². The molecule has 0 atom stereocenters. The Morgan fingerprint density at radius 1 is 0.324 bits per heavy atom. The van der Waals surface area contributed by atoms with Gasteiger partial charge in [0.1, 0.15) is 6.07 Å². The molecule has 0 amide bonds. The fourth-order valence-electron chi connectivity index (χ4n) is 9.33. The summed E-state index contributed by atoms with van der Waals surface area (Å²) in [5.74, 6) is 0.239. The summed E-state index contributed by atoms with van der Waals surface area (Å²) >= 11 is 0. The van der Waals surface area contributed by atoms with Crippen LogP contribution in [0, 0.1) is 45.3 Å². The lowest BCUT2D eigenvalue weighted by Gasteiger charge is -2.26. The Balaban J connectivity index is 1.16. The summed E-state index contributed by atoms with van der Waals surface area (Å²) in [7, 11) is 0. The molecule has 11 aromatic rings. The second-order valence-electron chi connectivity index (χ2n) is 16.7. The van der Waals surface area contributed by atoms with E-state index >= 15 is 0 Å². The molecule has 0 aliphatic rings. The summed E-state index contributed by atoms with van der Waals surface area (Å²) in [6.07, 6.45) is 0. The molecular formula is C62H37N9. The normalized spacial score (nSPS) is 10.8. The fraction of sp³-hybridized carbons (Fsp3) is 0. The Kier molecular flexibility index (Phi) is 11.3. The van der Waals surface area contributed by atoms with Crippen molar-refractivity contribution < 1.29 is 0 Å². The maximum Gasteiger partial charge on any atom is 0.161 e. The Bertz CT molecular complexity index is 3700. The third-order valence-corrected chi connectivity index (χ3v) is 12.5. The fourth-order valence-corrected chi connectivity index (χ4v) is 9.33. The molecule has 9 heteroatoms. The van der Waals surface area contributed by atoms with E-state index in [1.807, 2.05) is 78.9 Å². The first-order valence-corrected chi connectivity index (χ1v) is 22.8. The molecule has 0 N–H and O–H groups in total. The number of hydrogen-bond donors (Lipinski definition) is 0. The number of hydrogen-bond acceptors (Lipinski definition) is 8. The number of para-hydroxylation sites is 4. The molecule has 0 unspecified atom stereocenters. The number of benzene rings is 9. The number of aromatic nitrogens is 3. The molecule has 2 aromatic heterocycles. The largest absolute Gasteiger partial charge is 0.310 e. The van der Waals surface area contributed by atoms with E-state index in [-0.39, 0.29) is 11.4 Å². The third-order valence-electron chi connectivity index (χ3n) is 12.5. The quantitative estimate of drug-likeness (QED) is 0.132. The van der Waals surface area contributed by atoms with Gasteiger partial charge in [-0.05, 0) is 121 Å². The second-order valence-corrected chi connectivity index (χ2v) is 16.7. The summed E-state index contributed by atoms with van der Waals surface area (Å²) in [4.78, 5) is 14.3. The zero-order valence-corrected chi connectivity index (χ0v) is 37.9. The topological polar surface area (TPSA) is 132 Å². The molecule has 0 spiro atoms. The standard InChI is InChI=1S/C62H37N9/c63-38-42-17-13-15-27-52(42)57-37-58(68-62(67-57)53-28-16-14-18-43(53)39-64)54-33-45(41-66)61(34-44(54)40-65)71-59-31-29-50(69(46-19-5-1-6-20-46)47-21-7-2-8-22-47)35-55(59)56-36-51(30-32-60(56)71)70(48-23-9-3-10-24-48)49-25-11-4-12-26-49/h1-37H. The lowest BCUT2D eigenvalue weighted by Crippen LogP contribution is -2.09. The van der Waals surface area contributed by atoms with Crippen molar-refractivity contribution in [3.05, 3.63) is 247 Å². The highest BCUT2D eigenvalue weighted by atomic mass is 15.1. The molecule has 0 saturated heterocycles. The lowest BCUT2D eigenvalue weighted by molar-refractivity contribution is 1.15. The highest BCUT2D eigenvalue weighted by Crippen LogP contribution is 2.44. The van der Waals surface area contributed by atoms with Crippen LogP contribution in [-0.2, 0) is 0 Å². The second kappa shape index (κ2) is 18.6. The Hall–Kier alpha value is -10.6. The minimum Gasteiger partial charge on any atom is -0.310 e. The van der Waals surface area contributed by atoms with Crippen molar-refractivity contribution in [2.75, 3.05) is 9.80 Å². The molecule has 2 heterocycles. The van der Waals surface area contributed by atoms with Gasteiger partial charge >= 0.3 is 0 Å². The van der Waals surface area contributed by atoms with Gasteiger partial charge in [-0.15, -0.1) is 0 Å². The molecular weight excluding hydrogens is 871 g/mol. The maximum absolute atomic E-state index is 11.2. The van der Waals surface area contributed by atoms with Crippen LogP contribution in [0.4, 0.5) is 34.1 Å². The van der Waals surface area contributed by atoms with Gasteiger partial charge in [-0.3, -0.25) is 0 Å². The number of rotatable bonds is 10. The van der Waals surface area contributed by atoms with Crippen molar-refractivity contribution in [2.24, 2.45) is 0 Å². The van der Waals surface area contributed by atoms with Gasteiger partial charge in [0.15, 0.2) is 5.82 Å². The summed E-state index contributed by atoms with van der Waals surface area (Å²) < 4.78 is 2.06. The highest BCUT2D eigenvalue weighted by molar-refractivity contribution is 6.12. The van der Waals surface area contributed by atoms with E-state index in [1.54, 1.807) is 60.7 Å². The van der Waals surface area contributed by atoms with E-state index in [0.717, 1.165) is 55.9 Å². The van der Waals surface area contributed by atoms with Crippen LogP contribution >= 0.6 is 0 Å². The lowest BCUT2D eigenvalue weighted by atomic mass is 9.97. The molecule has 71 heavy (non-hydrogen) atoms. The molecule has 0 radical (unpaired) electrons. The average Bonchev–Trinajstić information content (AvgIpc) is 3.76. The molecule has 0 bridgehead atoms. The Morgan fingerprint density at radius 2 is 0.718 bits per heavy atom. The van der Waals surface area contributed by atoms with Crippen LogP contribution in [0.25, 0.3) is 61.4 Å². The van der Waals surface area contributed by atoms with Crippen molar-refractivity contribution in [3.63, 3.8) is 0 Å². The zero-order chi connectivity index (χ0) is 48.3. The Morgan fingerprint density at radius 3 is 1.17 bits per heavy atom. The molecule has 0 aliphatic heterocycles. The van der Waals surface area contributed by atoms with Crippen molar-refractivity contribution in [2.45, 2.75) is 0 Å². The predicted molar refractivity (Wildman–Crippen MR) is 281 cm³/mol. The minimum absolute atomic E-state index is 0.239. The summed E-state index contributed by atoms with van der Waals surface area (Å²) in [6, 6.07) is 82.5. The number of nitrogens with zero attached hydrogens (tertiary/aromatic N) is 9. The molecule has 330 valence electrons. The van der Waals surface area contributed by atoms with Crippen molar-refractivity contribution in [1.82, 2.24) is 14.5 Å². The SMILES string of the molecule is N#Cc1ccccc1-c1cc(-c2cc(C#N)c(-n3c4ccc(N(c5ccccc5)c5ccccc5)cc4c4cc(N(c5ccccc5)c5ccccc5)ccc43)cc2C#N)nc(-c2ccccc2C#N)n1. The molecule has 0 saturated carbocycles. The smallest absolute Gasteiger partial charge is 0.161 e. The van der Waals surface area contributed by atoms with E-state index in [4.69, 9.17) is 9.97 Å². The van der Waals surface area contributed by atoms with E-state index in [2.05, 4.69) is 124 Å². The van der Waals surface area contributed by atoms with Gasteiger partial charge in [0, 0.05) is 61.6 Å². The van der Waals surface area contributed by atoms with Gasteiger partial charge < -0.3 is 14.4 Å². The first-order chi connectivity index (χ1) is 35.0. The Labute approximate surface area is 410 Å². The zero-order valence-electron chi connectivity index (χ0n) is 37.9.